The zero-order valence-electron chi connectivity index (χ0n) is 11.4. The van der Waals surface area contributed by atoms with Crippen LogP contribution in [0.3, 0.4) is 0 Å². The van der Waals surface area contributed by atoms with Gasteiger partial charge in [-0.3, -0.25) is 9.59 Å². The summed E-state index contributed by atoms with van der Waals surface area (Å²) >= 11 is 0. The largest absolute Gasteiger partial charge is 0.480 e. The summed E-state index contributed by atoms with van der Waals surface area (Å²) in [4.78, 5) is 22.0. The molecular weight excluding hydrogens is 296 g/mol. The number of nitrogens with two attached hydrogens (primary N) is 1. The monoisotopic (exact) mass is 312 g/mol. The van der Waals surface area contributed by atoms with Gasteiger partial charge in [0.1, 0.15) is 6.04 Å². The predicted octanol–water partition coefficient (Wildman–Crippen LogP) is 0.402. The minimum atomic E-state index is -4.09. The lowest BCUT2D eigenvalue weighted by Gasteiger charge is -2.14. The second-order valence-electron chi connectivity index (χ2n) is 4.38. The lowest BCUT2D eigenvalue weighted by atomic mass is 10.1. The highest BCUT2D eigenvalue weighted by Crippen LogP contribution is 2.16. The van der Waals surface area contributed by atoms with Crippen molar-refractivity contribution < 1.29 is 23.1 Å². The number of carboxylic acid groups (broad SMARTS) is 1. The molecule has 0 spiro atoms. The maximum absolute atomic E-state index is 12.1. The molecule has 1 unspecified atom stereocenters. The Morgan fingerprint density at radius 3 is 2.57 bits per heavy atom. The normalized spacial score (nSPS) is 12.6. The fraction of sp³-hybridized carbons (Fsp3) is 0.231. The van der Waals surface area contributed by atoms with Gasteiger partial charge in [-0.1, -0.05) is 12.1 Å². The van der Waals surface area contributed by atoms with Crippen LogP contribution in [0.25, 0.3) is 0 Å². The molecule has 4 N–H and O–H groups in total. The number of amides is 1. The summed E-state index contributed by atoms with van der Waals surface area (Å²) in [5, 5.41) is 8.95. The van der Waals surface area contributed by atoms with Gasteiger partial charge in [0, 0.05) is 5.56 Å². The third-order valence-electron chi connectivity index (χ3n) is 2.78. The van der Waals surface area contributed by atoms with Gasteiger partial charge in [0.15, 0.2) is 0 Å². The number of carbonyl (C=O) groups is 2. The van der Waals surface area contributed by atoms with Gasteiger partial charge < -0.3 is 10.8 Å². The fourth-order valence-electron chi connectivity index (χ4n) is 1.66. The van der Waals surface area contributed by atoms with E-state index < -0.39 is 27.9 Å². The van der Waals surface area contributed by atoms with Crippen LogP contribution >= 0.6 is 0 Å². The average Bonchev–Trinajstić information content (AvgIpc) is 2.37. The molecule has 21 heavy (non-hydrogen) atoms. The number of carboxylic acids is 1. The first-order valence-electron chi connectivity index (χ1n) is 5.95. The molecule has 0 aliphatic carbocycles. The van der Waals surface area contributed by atoms with E-state index >= 15 is 0 Å². The van der Waals surface area contributed by atoms with Crippen molar-refractivity contribution >= 4 is 21.9 Å². The van der Waals surface area contributed by atoms with Crippen LogP contribution < -0.4 is 10.5 Å². The third kappa shape index (κ3) is 4.14. The summed E-state index contributed by atoms with van der Waals surface area (Å²) in [7, 11) is -4.09. The van der Waals surface area contributed by atoms with Crippen molar-refractivity contribution in [1.82, 2.24) is 4.72 Å². The van der Waals surface area contributed by atoms with Crippen LogP contribution in [0.5, 0.6) is 0 Å². The van der Waals surface area contributed by atoms with Crippen LogP contribution in [0.1, 0.15) is 22.3 Å². The first-order valence-corrected chi connectivity index (χ1v) is 7.44. The fourth-order valence-corrected chi connectivity index (χ4v) is 2.88. The van der Waals surface area contributed by atoms with Crippen molar-refractivity contribution in [3.8, 4) is 0 Å². The summed E-state index contributed by atoms with van der Waals surface area (Å²) in [6.45, 7) is 4.99. The molecule has 1 aromatic rings. The third-order valence-corrected chi connectivity index (χ3v) is 4.25. The first-order chi connectivity index (χ1) is 9.69. The predicted molar refractivity (Wildman–Crippen MR) is 76.3 cm³/mol. The van der Waals surface area contributed by atoms with Crippen LogP contribution in [0.15, 0.2) is 35.7 Å². The van der Waals surface area contributed by atoms with Gasteiger partial charge >= 0.3 is 5.97 Å². The Hall–Kier alpha value is -2.19. The molecule has 0 aliphatic heterocycles. The molecular formula is C13H16N2O5S. The Labute approximate surface area is 122 Å². The van der Waals surface area contributed by atoms with Gasteiger partial charge in [0.25, 0.3) is 0 Å². The molecule has 1 rings (SSSR count). The molecule has 1 atom stereocenters. The van der Waals surface area contributed by atoms with E-state index in [-0.39, 0.29) is 16.9 Å². The topological polar surface area (TPSA) is 127 Å². The summed E-state index contributed by atoms with van der Waals surface area (Å²) < 4.78 is 26.3. The number of aliphatic carboxylic acids is 1. The molecule has 8 heteroatoms. The molecule has 0 bridgehead atoms. The van der Waals surface area contributed by atoms with Crippen molar-refractivity contribution in [2.75, 3.05) is 0 Å². The van der Waals surface area contributed by atoms with Crippen molar-refractivity contribution in [1.29, 1.82) is 0 Å². The van der Waals surface area contributed by atoms with Gasteiger partial charge in [-0.2, -0.15) is 4.72 Å². The van der Waals surface area contributed by atoms with E-state index in [0.29, 0.717) is 5.56 Å². The second-order valence-corrected chi connectivity index (χ2v) is 6.09. The Balaban J connectivity index is 3.19. The standard InChI is InChI=1S/C13H16N2O5S/c1-3-4-11(13(17)18)15-21(19,20)9-6-5-8(2)10(7-9)12(14)16/h3,5-7,11,15H,1,4H2,2H3,(H2,14,16)(H,17,18). The SMILES string of the molecule is C=CCC(NS(=O)(=O)c1ccc(C)c(C(N)=O)c1)C(=O)O. The smallest absolute Gasteiger partial charge is 0.322 e. The number of benzene rings is 1. The molecule has 0 aromatic heterocycles. The van der Waals surface area contributed by atoms with Crippen LogP contribution in [0.2, 0.25) is 0 Å². The Morgan fingerprint density at radius 2 is 2.10 bits per heavy atom. The Morgan fingerprint density at radius 1 is 1.48 bits per heavy atom. The van der Waals surface area contributed by atoms with Crippen molar-refractivity contribution in [3.05, 3.63) is 42.0 Å². The zero-order valence-corrected chi connectivity index (χ0v) is 12.2. The van der Waals surface area contributed by atoms with Crippen molar-refractivity contribution in [3.63, 3.8) is 0 Å². The van der Waals surface area contributed by atoms with Gasteiger partial charge in [-0.05, 0) is 31.0 Å². The van der Waals surface area contributed by atoms with Gasteiger partial charge in [0.2, 0.25) is 15.9 Å². The molecule has 0 saturated carbocycles. The quantitative estimate of drug-likeness (QED) is 0.628. The highest BCUT2D eigenvalue weighted by Gasteiger charge is 2.25. The Bertz CT molecular complexity index is 682. The number of aryl methyl sites for hydroxylation is 1. The molecule has 0 fully saturated rings. The van der Waals surface area contributed by atoms with Crippen LogP contribution in [0, 0.1) is 6.92 Å². The number of primary amides is 1. The molecule has 1 amide bonds. The zero-order chi connectivity index (χ0) is 16.2. The number of hydrogen-bond donors (Lipinski definition) is 3. The van der Waals surface area contributed by atoms with Crippen LogP contribution in [-0.4, -0.2) is 31.4 Å². The molecule has 0 heterocycles. The van der Waals surface area contributed by atoms with E-state index in [9.17, 15) is 18.0 Å². The maximum atomic E-state index is 12.1. The number of carbonyl (C=O) groups excluding carboxylic acids is 1. The highest BCUT2D eigenvalue weighted by molar-refractivity contribution is 7.89. The molecule has 7 nitrogen and oxygen atoms in total. The summed E-state index contributed by atoms with van der Waals surface area (Å²) in [6, 6.07) is 2.49. The summed E-state index contributed by atoms with van der Waals surface area (Å²) in [5.41, 5.74) is 5.76. The number of rotatable bonds is 7. The van der Waals surface area contributed by atoms with Gasteiger partial charge in [0.05, 0.1) is 4.90 Å². The summed E-state index contributed by atoms with van der Waals surface area (Å²) in [6.07, 6.45) is 1.23. The molecule has 0 aliphatic rings. The number of nitrogens with one attached hydrogen (secondary N) is 1. The van der Waals surface area contributed by atoms with E-state index in [2.05, 4.69) is 6.58 Å². The second kappa shape index (κ2) is 6.51. The van der Waals surface area contributed by atoms with Gasteiger partial charge in [-0.15, -0.1) is 6.58 Å². The average molecular weight is 312 g/mol. The molecule has 114 valence electrons. The minimum Gasteiger partial charge on any atom is -0.480 e. The molecule has 0 saturated heterocycles. The minimum absolute atomic E-state index is 0.0634. The highest BCUT2D eigenvalue weighted by atomic mass is 32.2. The summed E-state index contributed by atoms with van der Waals surface area (Å²) in [5.74, 6) is -2.08. The Kier molecular flexibility index (Phi) is 5.23. The molecule has 0 radical (unpaired) electrons. The van der Waals surface area contributed by atoms with E-state index in [1.807, 2.05) is 4.72 Å². The van der Waals surface area contributed by atoms with Crippen LogP contribution in [0.4, 0.5) is 0 Å². The van der Waals surface area contributed by atoms with E-state index in [0.717, 1.165) is 6.07 Å². The van der Waals surface area contributed by atoms with E-state index in [4.69, 9.17) is 10.8 Å². The number of hydrogen-bond acceptors (Lipinski definition) is 4. The lowest BCUT2D eigenvalue weighted by molar-refractivity contribution is -0.138. The van der Waals surface area contributed by atoms with Crippen LogP contribution in [-0.2, 0) is 14.8 Å². The van der Waals surface area contributed by atoms with Crippen molar-refractivity contribution in [2.24, 2.45) is 5.73 Å². The van der Waals surface area contributed by atoms with Crippen molar-refractivity contribution in [2.45, 2.75) is 24.3 Å². The number of sulfonamides is 1. The molecule has 1 aromatic carbocycles. The van der Waals surface area contributed by atoms with E-state index in [1.54, 1.807) is 6.92 Å². The van der Waals surface area contributed by atoms with E-state index in [1.165, 1.54) is 18.2 Å². The van der Waals surface area contributed by atoms with Gasteiger partial charge in [-0.25, -0.2) is 8.42 Å². The lowest BCUT2D eigenvalue weighted by Crippen LogP contribution is -2.40. The maximum Gasteiger partial charge on any atom is 0.322 e. The first kappa shape index (κ1) is 16.9.